The van der Waals surface area contributed by atoms with E-state index in [1.54, 1.807) is 0 Å². The molecule has 8 heteroatoms. The molecule has 1 fully saturated rings. The lowest BCUT2D eigenvalue weighted by Gasteiger charge is -2.29. The molecular formula is C23H29N5O2S. The molecule has 1 aliphatic rings. The van der Waals surface area contributed by atoms with Crippen molar-refractivity contribution in [3.05, 3.63) is 47.1 Å². The minimum atomic E-state index is -0.673. The summed E-state index contributed by atoms with van der Waals surface area (Å²) in [6.07, 6.45) is 4.74. The Kier molecular flexibility index (Phi) is 6.67. The first-order valence-electron chi connectivity index (χ1n) is 10.8. The summed E-state index contributed by atoms with van der Waals surface area (Å²) < 4.78 is 0. The second-order valence-corrected chi connectivity index (χ2v) is 9.27. The monoisotopic (exact) mass is 439 g/mol. The molecule has 0 aliphatic carbocycles. The summed E-state index contributed by atoms with van der Waals surface area (Å²) in [4.78, 5) is 34.9. The molecule has 1 aromatic carbocycles. The summed E-state index contributed by atoms with van der Waals surface area (Å²) in [5.41, 5.74) is 2.97. The van der Waals surface area contributed by atoms with Crippen molar-refractivity contribution in [1.82, 2.24) is 20.2 Å². The van der Waals surface area contributed by atoms with Gasteiger partial charge in [0.2, 0.25) is 11.8 Å². The maximum atomic E-state index is 13.0. The van der Waals surface area contributed by atoms with Crippen LogP contribution >= 0.6 is 11.3 Å². The maximum absolute atomic E-state index is 13.0. The summed E-state index contributed by atoms with van der Waals surface area (Å²) in [6.45, 7) is 6.72. The number of aromatic amines is 1. The van der Waals surface area contributed by atoms with Gasteiger partial charge in [0.25, 0.3) is 0 Å². The van der Waals surface area contributed by atoms with E-state index < -0.39 is 6.04 Å². The first-order chi connectivity index (χ1) is 15.0. The molecule has 7 nitrogen and oxygen atoms in total. The van der Waals surface area contributed by atoms with Crippen molar-refractivity contribution in [1.29, 1.82) is 0 Å². The molecule has 2 aromatic heterocycles. The van der Waals surface area contributed by atoms with Gasteiger partial charge in [-0.15, -0.1) is 11.3 Å². The number of para-hydroxylation sites is 1. The number of hydrogen-bond acceptors (Lipinski definition) is 5. The molecule has 3 aromatic rings. The van der Waals surface area contributed by atoms with Crippen molar-refractivity contribution in [2.45, 2.75) is 45.7 Å². The van der Waals surface area contributed by atoms with E-state index >= 15 is 0 Å². The van der Waals surface area contributed by atoms with Crippen LogP contribution in [0.3, 0.4) is 0 Å². The van der Waals surface area contributed by atoms with E-state index in [0.29, 0.717) is 11.6 Å². The number of hydrogen-bond donors (Lipinski definition) is 3. The second-order valence-electron chi connectivity index (χ2n) is 8.41. The number of aromatic nitrogens is 2. The minimum Gasteiger partial charge on any atom is -0.361 e. The maximum Gasteiger partial charge on any atom is 0.249 e. The topological polar surface area (TPSA) is 90.1 Å². The quantitative estimate of drug-likeness (QED) is 0.525. The number of benzene rings is 1. The highest BCUT2D eigenvalue weighted by Crippen LogP contribution is 2.22. The lowest BCUT2D eigenvalue weighted by Crippen LogP contribution is -2.44. The van der Waals surface area contributed by atoms with Crippen LogP contribution in [0.25, 0.3) is 10.9 Å². The van der Waals surface area contributed by atoms with Gasteiger partial charge in [0.15, 0.2) is 5.13 Å². The number of nitrogens with zero attached hydrogens (tertiary/aromatic N) is 2. The third-order valence-electron chi connectivity index (χ3n) is 5.84. The Morgan fingerprint density at radius 1 is 1.29 bits per heavy atom. The standard InChI is InChI=1S/C23H29N5O2S/c1-15-7-9-28(10-8-15)13-18-14-31-23(26-18)27-22(30)21(25-16(2)29)11-17-12-24-20-6-4-3-5-19(17)20/h3-6,12,14-15,21,24H,7-11,13H2,1-2H3,(H,25,29)(H,26,27,30)/t21-/m1/s1. The van der Waals surface area contributed by atoms with Gasteiger partial charge >= 0.3 is 0 Å². The number of nitrogens with one attached hydrogen (secondary N) is 3. The van der Waals surface area contributed by atoms with E-state index in [0.717, 1.165) is 47.7 Å². The van der Waals surface area contributed by atoms with E-state index in [2.05, 4.69) is 32.4 Å². The van der Waals surface area contributed by atoms with Gasteiger partial charge in [0, 0.05) is 42.4 Å². The molecule has 4 rings (SSSR count). The zero-order valence-corrected chi connectivity index (χ0v) is 18.8. The van der Waals surface area contributed by atoms with Crippen LogP contribution in [0.2, 0.25) is 0 Å². The molecule has 164 valence electrons. The molecule has 0 radical (unpaired) electrons. The van der Waals surface area contributed by atoms with Crippen molar-refractivity contribution in [2.75, 3.05) is 18.4 Å². The van der Waals surface area contributed by atoms with Crippen LogP contribution in [0.5, 0.6) is 0 Å². The van der Waals surface area contributed by atoms with Crippen LogP contribution in [-0.2, 0) is 22.6 Å². The van der Waals surface area contributed by atoms with Gasteiger partial charge in [-0.25, -0.2) is 4.98 Å². The molecule has 3 N–H and O–H groups in total. The number of thiazole rings is 1. The Bertz CT molecular complexity index is 1050. The van der Waals surface area contributed by atoms with Crippen LogP contribution < -0.4 is 10.6 Å². The smallest absolute Gasteiger partial charge is 0.249 e. The molecule has 1 aliphatic heterocycles. The van der Waals surface area contributed by atoms with Crippen LogP contribution in [0.4, 0.5) is 5.13 Å². The fraction of sp³-hybridized carbons (Fsp3) is 0.435. The van der Waals surface area contributed by atoms with Crippen LogP contribution in [0.15, 0.2) is 35.8 Å². The highest BCUT2D eigenvalue weighted by Gasteiger charge is 2.23. The van der Waals surface area contributed by atoms with Gasteiger partial charge in [-0.05, 0) is 43.5 Å². The number of piperidine rings is 1. The Morgan fingerprint density at radius 2 is 2.06 bits per heavy atom. The van der Waals surface area contributed by atoms with Gasteiger partial charge in [-0.3, -0.25) is 14.5 Å². The van der Waals surface area contributed by atoms with Gasteiger partial charge in [-0.1, -0.05) is 25.1 Å². The molecule has 1 saturated heterocycles. The predicted molar refractivity (Wildman–Crippen MR) is 124 cm³/mol. The van der Waals surface area contributed by atoms with E-state index in [-0.39, 0.29) is 11.8 Å². The fourth-order valence-electron chi connectivity index (χ4n) is 4.05. The number of fused-ring (bicyclic) bond motifs is 1. The number of rotatable bonds is 7. The second kappa shape index (κ2) is 9.62. The first kappa shape index (κ1) is 21.5. The van der Waals surface area contributed by atoms with Crippen molar-refractivity contribution in [3.63, 3.8) is 0 Å². The van der Waals surface area contributed by atoms with E-state index in [1.807, 2.05) is 35.8 Å². The number of amides is 2. The van der Waals surface area contributed by atoms with Crippen molar-refractivity contribution in [3.8, 4) is 0 Å². The van der Waals surface area contributed by atoms with Gasteiger partial charge < -0.3 is 15.6 Å². The lowest BCUT2D eigenvalue weighted by molar-refractivity contribution is -0.125. The molecule has 0 unspecified atom stereocenters. The number of carbonyl (C=O) groups is 2. The molecule has 0 spiro atoms. The molecular weight excluding hydrogens is 410 g/mol. The predicted octanol–water partition coefficient (Wildman–Crippen LogP) is 3.54. The third-order valence-corrected chi connectivity index (χ3v) is 6.64. The Labute approximate surface area is 186 Å². The highest BCUT2D eigenvalue weighted by molar-refractivity contribution is 7.13. The molecule has 1 atom stereocenters. The minimum absolute atomic E-state index is 0.237. The van der Waals surface area contributed by atoms with Crippen LogP contribution in [0.1, 0.15) is 37.9 Å². The Morgan fingerprint density at radius 3 is 2.84 bits per heavy atom. The average molecular weight is 440 g/mol. The van der Waals surface area contributed by atoms with Crippen molar-refractivity contribution < 1.29 is 9.59 Å². The zero-order chi connectivity index (χ0) is 21.8. The molecule has 31 heavy (non-hydrogen) atoms. The summed E-state index contributed by atoms with van der Waals surface area (Å²) in [5.74, 6) is 0.303. The molecule has 3 heterocycles. The summed E-state index contributed by atoms with van der Waals surface area (Å²) in [7, 11) is 0. The van der Waals surface area contributed by atoms with Crippen LogP contribution in [0, 0.1) is 5.92 Å². The van der Waals surface area contributed by atoms with Crippen LogP contribution in [-0.4, -0.2) is 45.8 Å². The summed E-state index contributed by atoms with van der Waals surface area (Å²) in [5, 5.41) is 9.30. The SMILES string of the molecule is CC(=O)N[C@H](Cc1c[nH]c2ccccc12)C(=O)Nc1nc(CN2CCC(C)CC2)cs1. The van der Waals surface area contributed by atoms with E-state index in [9.17, 15) is 9.59 Å². The van der Waals surface area contributed by atoms with Crippen molar-refractivity contribution in [2.24, 2.45) is 5.92 Å². The number of carbonyl (C=O) groups excluding carboxylic acids is 2. The van der Waals surface area contributed by atoms with Gasteiger partial charge in [-0.2, -0.15) is 0 Å². The first-order valence-corrected chi connectivity index (χ1v) is 11.7. The van der Waals surface area contributed by atoms with Gasteiger partial charge in [0.05, 0.1) is 5.69 Å². The fourth-order valence-corrected chi connectivity index (χ4v) is 4.76. The third kappa shape index (κ3) is 5.51. The lowest BCUT2D eigenvalue weighted by atomic mass is 9.99. The molecule has 2 amide bonds. The average Bonchev–Trinajstić information content (AvgIpc) is 3.36. The van der Waals surface area contributed by atoms with E-state index in [4.69, 9.17) is 0 Å². The van der Waals surface area contributed by atoms with Gasteiger partial charge in [0.1, 0.15) is 6.04 Å². The largest absolute Gasteiger partial charge is 0.361 e. The van der Waals surface area contributed by atoms with Crippen molar-refractivity contribution >= 4 is 39.2 Å². The number of likely N-dealkylation sites (tertiary alicyclic amines) is 1. The molecule has 0 bridgehead atoms. The summed E-state index contributed by atoms with van der Waals surface area (Å²) >= 11 is 1.43. The Hall–Kier alpha value is -2.71. The summed E-state index contributed by atoms with van der Waals surface area (Å²) in [6, 6.07) is 7.26. The Balaban J connectivity index is 1.41. The number of H-pyrrole nitrogens is 1. The zero-order valence-electron chi connectivity index (χ0n) is 18.0. The van der Waals surface area contributed by atoms with E-state index in [1.165, 1.54) is 31.1 Å². The normalized spacial score (nSPS) is 16.3. The highest BCUT2D eigenvalue weighted by atomic mass is 32.1. The molecule has 0 saturated carbocycles. The number of anilines is 1.